The Kier molecular flexibility index (Phi) is 3.18. The molecule has 1 aromatic rings. The minimum atomic E-state index is -0.484. The van der Waals surface area contributed by atoms with Gasteiger partial charge in [0.2, 0.25) is 5.91 Å². The van der Waals surface area contributed by atoms with E-state index in [1.165, 1.54) is 4.57 Å². The van der Waals surface area contributed by atoms with Gasteiger partial charge in [-0.3, -0.25) is 4.79 Å². The molecule has 0 aromatic carbocycles. The SMILES string of the molecule is NC(=O)Cc1cn(CCF)c(=S)[nH]1. The second-order valence-electron chi connectivity index (χ2n) is 2.61. The first-order chi connectivity index (χ1) is 6.13. The minimum absolute atomic E-state index is 0.100. The maximum absolute atomic E-state index is 12.0. The number of amides is 1. The molecule has 0 saturated heterocycles. The van der Waals surface area contributed by atoms with Crippen LogP contribution in [0, 0.1) is 4.77 Å². The van der Waals surface area contributed by atoms with Gasteiger partial charge in [-0.15, -0.1) is 0 Å². The predicted molar refractivity (Wildman–Crippen MR) is 48.5 cm³/mol. The zero-order valence-electron chi connectivity index (χ0n) is 6.92. The van der Waals surface area contributed by atoms with Crippen LogP contribution in [-0.2, 0) is 17.8 Å². The van der Waals surface area contributed by atoms with Crippen molar-refractivity contribution in [3.63, 3.8) is 0 Å². The molecule has 3 N–H and O–H groups in total. The van der Waals surface area contributed by atoms with E-state index >= 15 is 0 Å². The Morgan fingerprint density at radius 3 is 3.00 bits per heavy atom. The standard InChI is InChI=1S/C7H10FN3OS/c8-1-2-11-4-5(3-6(9)12)10-7(11)13/h4H,1-3H2,(H2,9,12)(H,10,13). The summed E-state index contributed by atoms with van der Waals surface area (Å²) < 4.78 is 13.9. The number of hydrogen-bond acceptors (Lipinski definition) is 2. The van der Waals surface area contributed by atoms with Crippen molar-refractivity contribution in [3.8, 4) is 0 Å². The van der Waals surface area contributed by atoms with Crippen molar-refractivity contribution in [2.75, 3.05) is 6.67 Å². The van der Waals surface area contributed by atoms with Crippen LogP contribution < -0.4 is 5.73 Å². The lowest BCUT2D eigenvalue weighted by Crippen LogP contribution is -2.13. The van der Waals surface area contributed by atoms with Gasteiger partial charge in [0.1, 0.15) is 6.67 Å². The van der Waals surface area contributed by atoms with Crippen molar-refractivity contribution in [2.24, 2.45) is 5.73 Å². The average molecular weight is 203 g/mol. The van der Waals surface area contributed by atoms with Gasteiger partial charge < -0.3 is 15.3 Å². The number of alkyl halides is 1. The first kappa shape index (κ1) is 9.91. The van der Waals surface area contributed by atoms with E-state index in [2.05, 4.69) is 4.98 Å². The number of primary amides is 1. The molecule has 4 nitrogen and oxygen atoms in total. The van der Waals surface area contributed by atoms with E-state index in [0.717, 1.165) is 0 Å². The van der Waals surface area contributed by atoms with Crippen LogP contribution in [0.2, 0.25) is 0 Å². The van der Waals surface area contributed by atoms with Crippen molar-refractivity contribution in [1.82, 2.24) is 9.55 Å². The number of hydrogen-bond donors (Lipinski definition) is 2. The largest absolute Gasteiger partial charge is 0.369 e. The Bertz CT molecular complexity index is 357. The third-order valence-electron chi connectivity index (χ3n) is 1.53. The number of carbonyl (C=O) groups is 1. The molecule has 1 amide bonds. The lowest BCUT2D eigenvalue weighted by atomic mass is 10.3. The summed E-state index contributed by atoms with van der Waals surface area (Å²) in [5.74, 6) is -0.441. The molecule has 1 aromatic heterocycles. The first-order valence-electron chi connectivity index (χ1n) is 3.76. The number of aromatic amines is 1. The number of nitrogens with zero attached hydrogens (tertiary/aromatic N) is 1. The van der Waals surface area contributed by atoms with E-state index in [9.17, 15) is 9.18 Å². The fraction of sp³-hybridized carbons (Fsp3) is 0.429. The maximum Gasteiger partial charge on any atom is 0.223 e. The number of aryl methyl sites for hydroxylation is 1. The number of carbonyl (C=O) groups excluding carboxylic acids is 1. The van der Waals surface area contributed by atoms with Crippen molar-refractivity contribution in [2.45, 2.75) is 13.0 Å². The normalized spacial score (nSPS) is 10.2. The fourth-order valence-electron chi connectivity index (χ4n) is 1.02. The summed E-state index contributed by atoms with van der Waals surface area (Å²) in [6, 6.07) is 0. The van der Waals surface area contributed by atoms with Gasteiger partial charge in [-0.1, -0.05) is 0 Å². The second kappa shape index (κ2) is 4.18. The van der Waals surface area contributed by atoms with Gasteiger partial charge in [0, 0.05) is 11.9 Å². The van der Waals surface area contributed by atoms with Crippen molar-refractivity contribution in [3.05, 3.63) is 16.7 Å². The van der Waals surface area contributed by atoms with Crippen LogP contribution in [0.1, 0.15) is 5.69 Å². The van der Waals surface area contributed by atoms with E-state index in [0.29, 0.717) is 10.5 Å². The van der Waals surface area contributed by atoms with Crippen LogP contribution in [0.4, 0.5) is 4.39 Å². The highest BCUT2D eigenvalue weighted by atomic mass is 32.1. The van der Waals surface area contributed by atoms with E-state index in [4.69, 9.17) is 18.0 Å². The Morgan fingerprint density at radius 2 is 2.46 bits per heavy atom. The van der Waals surface area contributed by atoms with Crippen LogP contribution >= 0.6 is 12.2 Å². The molecule has 1 heterocycles. The van der Waals surface area contributed by atoms with Gasteiger partial charge in [-0.2, -0.15) is 0 Å². The van der Waals surface area contributed by atoms with Crippen LogP contribution in [0.3, 0.4) is 0 Å². The number of H-pyrrole nitrogens is 1. The molecule has 0 bridgehead atoms. The Balaban J connectivity index is 2.82. The molecule has 0 spiro atoms. The summed E-state index contributed by atoms with van der Waals surface area (Å²) in [5, 5.41) is 0. The summed E-state index contributed by atoms with van der Waals surface area (Å²) in [6.07, 6.45) is 1.70. The Morgan fingerprint density at radius 1 is 1.77 bits per heavy atom. The zero-order chi connectivity index (χ0) is 9.84. The molecule has 0 unspecified atom stereocenters. The summed E-state index contributed by atoms with van der Waals surface area (Å²) in [5.41, 5.74) is 5.60. The van der Waals surface area contributed by atoms with Gasteiger partial charge in [-0.05, 0) is 12.2 Å². The van der Waals surface area contributed by atoms with Gasteiger partial charge in [0.15, 0.2) is 4.77 Å². The van der Waals surface area contributed by atoms with E-state index in [1.807, 2.05) is 0 Å². The number of rotatable bonds is 4. The molecule has 6 heteroatoms. The van der Waals surface area contributed by atoms with Gasteiger partial charge >= 0.3 is 0 Å². The van der Waals surface area contributed by atoms with E-state index in [-0.39, 0.29) is 13.0 Å². The maximum atomic E-state index is 12.0. The number of nitrogens with two attached hydrogens (primary N) is 1. The smallest absolute Gasteiger partial charge is 0.223 e. The average Bonchev–Trinajstić information content (AvgIpc) is 2.31. The predicted octanol–water partition coefficient (Wildman–Crippen LogP) is 0.543. The summed E-state index contributed by atoms with van der Waals surface area (Å²) in [7, 11) is 0. The quantitative estimate of drug-likeness (QED) is 0.702. The Labute approximate surface area is 79.6 Å². The topological polar surface area (TPSA) is 63.8 Å². The third kappa shape index (κ3) is 2.66. The number of imidazole rings is 1. The molecule has 0 radical (unpaired) electrons. The van der Waals surface area contributed by atoms with E-state index < -0.39 is 12.6 Å². The van der Waals surface area contributed by atoms with E-state index in [1.54, 1.807) is 6.20 Å². The van der Waals surface area contributed by atoms with Crippen molar-refractivity contribution < 1.29 is 9.18 Å². The first-order valence-corrected chi connectivity index (χ1v) is 4.17. The summed E-state index contributed by atoms with van der Waals surface area (Å²) in [4.78, 5) is 13.3. The minimum Gasteiger partial charge on any atom is -0.369 e. The molecule has 0 fully saturated rings. The van der Waals surface area contributed by atoms with Gasteiger partial charge in [0.05, 0.1) is 13.0 Å². The molecule has 0 aliphatic carbocycles. The van der Waals surface area contributed by atoms with Crippen LogP contribution in [-0.4, -0.2) is 22.1 Å². The highest BCUT2D eigenvalue weighted by Gasteiger charge is 2.02. The zero-order valence-corrected chi connectivity index (χ0v) is 7.73. The lowest BCUT2D eigenvalue weighted by molar-refractivity contribution is -0.117. The fourth-order valence-corrected chi connectivity index (χ4v) is 1.30. The van der Waals surface area contributed by atoms with Crippen molar-refractivity contribution in [1.29, 1.82) is 0 Å². The number of nitrogens with one attached hydrogen (secondary N) is 1. The summed E-state index contributed by atoms with van der Waals surface area (Å²) >= 11 is 4.88. The highest BCUT2D eigenvalue weighted by molar-refractivity contribution is 7.71. The molecule has 0 atom stereocenters. The summed E-state index contributed by atoms with van der Waals surface area (Å²) in [6.45, 7) is -0.281. The van der Waals surface area contributed by atoms with Crippen LogP contribution in [0.5, 0.6) is 0 Å². The van der Waals surface area contributed by atoms with Crippen LogP contribution in [0.15, 0.2) is 6.20 Å². The molecule has 0 aliphatic heterocycles. The van der Waals surface area contributed by atoms with Gasteiger partial charge in [0.25, 0.3) is 0 Å². The molecular weight excluding hydrogens is 193 g/mol. The molecule has 13 heavy (non-hydrogen) atoms. The number of halogens is 1. The van der Waals surface area contributed by atoms with Crippen LogP contribution in [0.25, 0.3) is 0 Å². The second-order valence-corrected chi connectivity index (χ2v) is 3.00. The van der Waals surface area contributed by atoms with Crippen molar-refractivity contribution >= 4 is 18.1 Å². The Hall–Kier alpha value is -1.17. The highest BCUT2D eigenvalue weighted by Crippen LogP contribution is 1.99. The van der Waals surface area contributed by atoms with Gasteiger partial charge in [-0.25, -0.2) is 4.39 Å². The molecule has 72 valence electrons. The molecular formula is C7H10FN3OS. The monoisotopic (exact) mass is 203 g/mol. The lowest BCUT2D eigenvalue weighted by Gasteiger charge is -1.93. The number of aromatic nitrogens is 2. The molecule has 0 saturated carbocycles. The third-order valence-corrected chi connectivity index (χ3v) is 1.87. The molecule has 0 aliphatic rings. The molecule has 1 rings (SSSR count).